The van der Waals surface area contributed by atoms with Gasteiger partial charge >= 0.3 is 0 Å². The summed E-state index contributed by atoms with van der Waals surface area (Å²) in [6.45, 7) is 0.301. The molecule has 2 aromatic carbocycles. The van der Waals surface area contributed by atoms with Crippen molar-refractivity contribution in [2.24, 2.45) is 0 Å². The summed E-state index contributed by atoms with van der Waals surface area (Å²) in [6.07, 6.45) is 1.31. The number of H-pyrrole nitrogens is 1. The number of amides is 1. The first-order chi connectivity index (χ1) is 12.5. The molecular weight excluding hydrogens is 376 g/mol. The van der Waals surface area contributed by atoms with Crippen LogP contribution in [0.4, 0.5) is 5.69 Å². The second-order valence-electron chi connectivity index (χ2n) is 5.38. The molecule has 9 heteroatoms. The molecule has 0 bridgehead atoms. The molecule has 0 saturated carbocycles. The zero-order valence-electron chi connectivity index (χ0n) is 13.4. The molecule has 0 aliphatic heterocycles. The van der Waals surface area contributed by atoms with Crippen molar-refractivity contribution in [1.29, 1.82) is 0 Å². The van der Waals surface area contributed by atoms with E-state index in [1.807, 2.05) is 30.3 Å². The standard InChI is InChI=1S/C17H15ClN4O3S/c18-13-6-8-14(9-7-13)26(24,25)22-15-11-20-21-16(15)17(23)19-10-12-4-2-1-3-5-12/h1-9,11,22H,10H2,(H,19,23)(H,20,21). The highest BCUT2D eigenvalue weighted by atomic mass is 35.5. The van der Waals surface area contributed by atoms with Gasteiger partial charge in [0, 0.05) is 17.8 Å². The third kappa shape index (κ3) is 4.22. The average molecular weight is 391 g/mol. The number of rotatable bonds is 6. The molecule has 0 radical (unpaired) electrons. The highest BCUT2D eigenvalue weighted by Crippen LogP contribution is 2.20. The fraction of sp³-hybridized carbons (Fsp3) is 0.0588. The molecular formula is C17H15ClN4O3S. The van der Waals surface area contributed by atoms with Gasteiger partial charge in [0.2, 0.25) is 0 Å². The largest absolute Gasteiger partial charge is 0.346 e. The maximum absolute atomic E-state index is 12.4. The first-order valence-electron chi connectivity index (χ1n) is 7.60. The quantitative estimate of drug-likeness (QED) is 0.602. The van der Waals surface area contributed by atoms with Gasteiger partial charge in [0.1, 0.15) is 0 Å². The van der Waals surface area contributed by atoms with Crippen LogP contribution in [0.5, 0.6) is 0 Å². The summed E-state index contributed by atoms with van der Waals surface area (Å²) in [4.78, 5) is 12.3. The number of nitrogens with zero attached hydrogens (tertiary/aromatic N) is 1. The molecule has 0 aliphatic rings. The first-order valence-corrected chi connectivity index (χ1v) is 9.46. The van der Waals surface area contributed by atoms with Gasteiger partial charge in [-0.1, -0.05) is 41.9 Å². The smallest absolute Gasteiger partial charge is 0.274 e. The molecule has 1 aromatic heterocycles. The minimum absolute atomic E-state index is 0.0266. The van der Waals surface area contributed by atoms with Crippen LogP contribution in [0.2, 0.25) is 5.02 Å². The van der Waals surface area contributed by atoms with Crippen molar-refractivity contribution in [2.75, 3.05) is 4.72 Å². The summed E-state index contributed by atoms with van der Waals surface area (Å²) in [6, 6.07) is 15.0. The lowest BCUT2D eigenvalue weighted by Crippen LogP contribution is -2.25. The van der Waals surface area contributed by atoms with Crippen molar-refractivity contribution in [1.82, 2.24) is 15.5 Å². The van der Waals surface area contributed by atoms with Gasteiger partial charge in [-0.2, -0.15) is 5.10 Å². The van der Waals surface area contributed by atoms with E-state index in [4.69, 9.17) is 11.6 Å². The number of nitrogens with one attached hydrogen (secondary N) is 3. The van der Waals surface area contributed by atoms with Crippen molar-refractivity contribution in [3.8, 4) is 0 Å². The molecule has 0 saturated heterocycles. The number of hydrogen-bond donors (Lipinski definition) is 3. The van der Waals surface area contributed by atoms with Crippen LogP contribution in [-0.2, 0) is 16.6 Å². The number of aromatic amines is 1. The van der Waals surface area contributed by atoms with Crippen molar-refractivity contribution in [3.63, 3.8) is 0 Å². The van der Waals surface area contributed by atoms with Crippen molar-refractivity contribution in [3.05, 3.63) is 77.1 Å². The van der Waals surface area contributed by atoms with Crippen LogP contribution in [0, 0.1) is 0 Å². The highest BCUT2D eigenvalue weighted by Gasteiger charge is 2.21. The molecule has 0 spiro atoms. The predicted molar refractivity (Wildman–Crippen MR) is 98.5 cm³/mol. The van der Waals surface area contributed by atoms with Crippen LogP contribution >= 0.6 is 11.6 Å². The summed E-state index contributed by atoms with van der Waals surface area (Å²) in [5.74, 6) is -0.496. The molecule has 0 aliphatic carbocycles. The molecule has 3 rings (SSSR count). The maximum Gasteiger partial charge on any atom is 0.274 e. The molecule has 0 fully saturated rings. The van der Waals surface area contributed by atoms with E-state index in [1.165, 1.54) is 30.5 Å². The maximum atomic E-state index is 12.4. The molecule has 3 N–H and O–H groups in total. The summed E-state index contributed by atoms with van der Waals surface area (Å²) in [5, 5.41) is 9.46. The van der Waals surface area contributed by atoms with E-state index < -0.39 is 15.9 Å². The van der Waals surface area contributed by atoms with Gasteiger partial charge in [0.15, 0.2) is 5.69 Å². The fourth-order valence-corrected chi connectivity index (χ4v) is 3.40. The lowest BCUT2D eigenvalue weighted by molar-refractivity contribution is 0.0947. The first kappa shape index (κ1) is 18.0. The highest BCUT2D eigenvalue weighted by molar-refractivity contribution is 7.92. The van der Waals surface area contributed by atoms with E-state index in [0.717, 1.165) is 5.56 Å². The van der Waals surface area contributed by atoms with Gasteiger partial charge in [0.25, 0.3) is 15.9 Å². The fourth-order valence-electron chi connectivity index (χ4n) is 2.22. The molecule has 7 nitrogen and oxygen atoms in total. The number of aromatic nitrogens is 2. The molecule has 1 amide bonds. The third-order valence-electron chi connectivity index (χ3n) is 3.52. The second kappa shape index (κ2) is 7.59. The average Bonchev–Trinajstić information content (AvgIpc) is 3.08. The van der Waals surface area contributed by atoms with E-state index in [9.17, 15) is 13.2 Å². The molecule has 26 heavy (non-hydrogen) atoms. The minimum Gasteiger partial charge on any atom is -0.346 e. The van der Waals surface area contributed by atoms with E-state index in [0.29, 0.717) is 11.6 Å². The zero-order valence-corrected chi connectivity index (χ0v) is 15.0. The van der Waals surface area contributed by atoms with Crippen LogP contribution in [0.1, 0.15) is 16.1 Å². The Morgan fingerprint density at radius 2 is 1.77 bits per heavy atom. The number of benzene rings is 2. The number of sulfonamides is 1. The van der Waals surface area contributed by atoms with Gasteiger partial charge in [-0.05, 0) is 29.8 Å². The Hall–Kier alpha value is -2.84. The number of carbonyl (C=O) groups excluding carboxylic acids is 1. The predicted octanol–water partition coefficient (Wildman–Crippen LogP) is 2.79. The zero-order chi connectivity index (χ0) is 18.6. The van der Waals surface area contributed by atoms with Crippen LogP contribution in [0.15, 0.2) is 65.7 Å². The number of halogens is 1. The van der Waals surface area contributed by atoms with Crippen molar-refractivity contribution >= 4 is 33.2 Å². The Labute approximate surface area is 155 Å². The van der Waals surface area contributed by atoms with E-state index in [1.54, 1.807) is 0 Å². The van der Waals surface area contributed by atoms with Crippen LogP contribution in [0.25, 0.3) is 0 Å². The molecule has 1 heterocycles. The van der Waals surface area contributed by atoms with Crippen LogP contribution in [0.3, 0.4) is 0 Å². The van der Waals surface area contributed by atoms with Gasteiger partial charge < -0.3 is 5.32 Å². The number of anilines is 1. The van der Waals surface area contributed by atoms with Gasteiger partial charge in [-0.25, -0.2) is 8.42 Å². The van der Waals surface area contributed by atoms with E-state index in [2.05, 4.69) is 20.2 Å². The molecule has 0 unspecified atom stereocenters. The number of carbonyl (C=O) groups is 1. The van der Waals surface area contributed by atoms with E-state index in [-0.39, 0.29) is 16.3 Å². The second-order valence-corrected chi connectivity index (χ2v) is 7.49. The summed E-state index contributed by atoms with van der Waals surface area (Å²) in [7, 11) is -3.87. The van der Waals surface area contributed by atoms with Gasteiger partial charge in [-0.15, -0.1) is 0 Å². The molecule has 0 atom stereocenters. The minimum atomic E-state index is -3.87. The topological polar surface area (TPSA) is 104 Å². The summed E-state index contributed by atoms with van der Waals surface area (Å²) < 4.78 is 27.2. The Balaban J connectivity index is 1.73. The number of hydrogen-bond acceptors (Lipinski definition) is 4. The Morgan fingerprint density at radius 1 is 1.08 bits per heavy atom. The monoisotopic (exact) mass is 390 g/mol. The van der Waals surface area contributed by atoms with Crippen molar-refractivity contribution < 1.29 is 13.2 Å². The third-order valence-corrected chi connectivity index (χ3v) is 5.15. The van der Waals surface area contributed by atoms with Crippen molar-refractivity contribution in [2.45, 2.75) is 11.4 Å². The Kier molecular flexibility index (Phi) is 5.24. The normalized spacial score (nSPS) is 11.1. The summed E-state index contributed by atoms with van der Waals surface area (Å²) in [5.41, 5.74) is 0.934. The molecule has 3 aromatic rings. The Morgan fingerprint density at radius 3 is 2.46 bits per heavy atom. The van der Waals surface area contributed by atoms with E-state index >= 15 is 0 Å². The van der Waals surface area contributed by atoms with Gasteiger partial charge in [-0.3, -0.25) is 14.6 Å². The van der Waals surface area contributed by atoms with Crippen LogP contribution < -0.4 is 10.0 Å². The SMILES string of the molecule is O=C(NCc1ccccc1)c1n[nH]cc1NS(=O)(=O)c1ccc(Cl)cc1. The lowest BCUT2D eigenvalue weighted by Gasteiger charge is -2.08. The Bertz CT molecular complexity index is 1000. The van der Waals surface area contributed by atoms with Crippen LogP contribution in [-0.4, -0.2) is 24.5 Å². The lowest BCUT2D eigenvalue weighted by atomic mass is 10.2. The summed E-state index contributed by atoms with van der Waals surface area (Å²) >= 11 is 5.77. The molecule has 134 valence electrons. The van der Waals surface area contributed by atoms with Gasteiger partial charge in [0.05, 0.1) is 10.6 Å².